The molecule has 2 aromatic heterocycles. The van der Waals surface area contributed by atoms with E-state index in [2.05, 4.69) is 66.2 Å². The third kappa shape index (κ3) is 2.19. The Morgan fingerprint density at radius 2 is 1.56 bits per heavy atom. The van der Waals surface area contributed by atoms with Crippen LogP contribution < -0.4 is 0 Å². The molecule has 3 aromatic carbocycles. The first kappa shape index (κ1) is 15.3. The monoisotopic (exact) mass is 353 g/mol. The topological polar surface area (TPSA) is 18.1 Å². The molecular weight excluding hydrogens is 330 g/mol. The molecule has 134 valence electrons. The van der Waals surface area contributed by atoms with Gasteiger partial charge in [-0.25, -0.2) is 0 Å². The Balaban J connectivity index is 1.60. The van der Waals surface area contributed by atoms with Crippen LogP contribution in [0.4, 0.5) is 0 Å². The first-order valence-corrected chi connectivity index (χ1v) is 10.1. The molecule has 0 atom stereocenters. The summed E-state index contributed by atoms with van der Waals surface area (Å²) < 4.78 is 8.63. The van der Waals surface area contributed by atoms with Gasteiger partial charge in [0.1, 0.15) is 11.2 Å². The molecule has 5 aromatic rings. The third-order valence-electron chi connectivity index (χ3n) is 6.61. The van der Waals surface area contributed by atoms with Gasteiger partial charge in [0.05, 0.1) is 0 Å². The summed E-state index contributed by atoms with van der Waals surface area (Å²) in [6.45, 7) is 0. The molecule has 0 N–H and O–H groups in total. The second kappa shape index (κ2) is 5.63. The van der Waals surface area contributed by atoms with Gasteiger partial charge in [0.25, 0.3) is 0 Å². The van der Waals surface area contributed by atoms with Gasteiger partial charge in [-0.15, -0.1) is 0 Å². The number of hydrogen-bond acceptors (Lipinski definition) is 1. The molecule has 2 nitrogen and oxygen atoms in total. The van der Waals surface area contributed by atoms with Crippen molar-refractivity contribution in [1.29, 1.82) is 0 Å². The standard InChI is InChI=1S/C25H23NO/c1-26-22-10-6-5-9-18(22)20-15-25-21(14-23(20)26)19-12-11-17(13-24(19)27-25)16-7-3-2-4-8-16/h5-6,9-16H,2-4,7-8H2,1H3. The summed E-state index contributed by atoms with van der Waals surface area (Å²) in [5, 5.41) is 5.02. The number of rotatable bonds is 1. The number of furan rings is 1. The molecule has 6 rings (SSSR count). The Morgan fingerprint density at radius 1 is 0.741 bits per heavy atom. The third-order valence-corrected chi connectivity index (χ3v) is 6.61. The zero-order valence-corrected chi connectivity index (χ0v) is 15.7. The number of aromatic nitrogens is 1. The summed E-state index contributed by atoms with van der Waals surface area (Å²) in [5.41, 5.74) is 6.02. The van der Waals surface area contributed by atoms with Gasteiger partial charge >= 0.3 is 0 Å². The van der Waals surface area contributed by atoms with Gasteiger partial charge in [-0.05, 0) is 48.6 Å². The van der Waals surface area contributed by atoms with Crippen molar-refractivity contribution in [3.8, 4) is 0 Å². The first-order chi connectivity index (χ1) is 13.3. The number of aryl methyl sites for hydroxylation is 1. The van der Waals surface area contributed by atoms with Crippen molar-refractivity contribution >= 4 is 43.7 Å². The number of hydrogen-bond donors (Lipinski definition) is 0. The molecule has 1 saturated carbocycles. The molecule has 1 aliphatic carbocycles. The highest BCUT2D eigenvalue weighted by Gasteiger charge is 2.18. The molecule has 0 radical (unpaired) electrons. The average Bonchev–Trinajstić information content (AvgIpc) is 3.22. The van der Waals surface area contributed by atoms with Crippen LogP contribution in [0, 0.1) is 0 Å². The molecule has 2 heteroatoms. The quantitative estimate of drug-likeness (QED) is 0.310. The predicted octanol–water partition coefficient (Wildman–Crippen LogP) is 7.28. The van der Waals surface area contributed by atoms with Crippen molar-refractivity contribution in [3.05, 3.63) is 60.2 Å². The van der Waals surface area contributed by atoms with E-state index in [1.54, 1.807) is 0 Å². The maximum atomic E-state index is 6.34. The molecule has 0 saturated heterocycles. The normalized spacial score (nSPS) is 16.2. The second-order valence-corrected chi connectivity index (χ2v) is 8.13. The lowest BCUT2D eigenvalue weighted by atomic mass is 9.84. The predicted molar refractivity (Wildman–Crippen MR) is 114 cm³/mol. The molecule has 0 aliphatic heterocycles. The van der Waals surface area contributed by atoms with Gasteiger partial charge in [0.2, 0.25) is 0 Å². The smallest absolute Gasteiger partial charge is 0.136 e. The minimum absolute atomic E-state index is 0.708. The Bertz CT molecular complexity index is 1310. The lowest BCUT2D eigenvalue weighted by Crippen LogP contribution is -2.03. The zero-order valence-electron chi connectivity index (χ0n) is 15.7. The molecule has 1 aliphatic rings. The summed E-state index contributed by atoms with van der Waals surface area (Å²) in [5.74, 6) is 0.708. The van der Waals surface area contributed by atoms with Crippen molar-refractivity contribution < 1.29 is 4.42 Å². The van der Waals surface area contributed by atoms with E-state index in [0.29, 0.717) is 5.92 Å². The summed E-state index contributed by atoms with van der Waals surface area (Å²) >= 11 is 0. The lowest BCUT2D eigenvalue weighted by Gasteiger charge is -2.21. The summed E-state index contributed by atoms with van der Waals surface area (Å²) in [7, 11) is 2.15. The highest BCUT2D eigenvalue weighted by atomic mass is 16.3. The Kier molecular flexibility index (Phi) is 3.19. The number of para-hydroxylation sites is 1. The molecule has 0 unspecified atom stereocenters. The van der Waals surface area contributed by atoms with Gasteiger partial charge in [-0.2, -0.15) is 0 Å². The highest BCUT2D eigenvalue weighted by molar-refractivity contribution is 6.16. The van der Waals surface area contributed by atoms with Crippen LogP contribution in [-0.2, 0) is 7.05 Å². The van der Waals surface area contributed by atoms with E-state index in [9.17, 15) is 0 Å². The van der Waals surface area contributed by atoms with Crippen LogP contribution in [0.25, 0.3) is 43.7 Å². The summed E-state index contributed by atoms with van der Waals surface area (Å²) in [6.07, 6.45) is 6.76. The molecule has 1 fully saturated rings. The maximum absolute atomic E-state index is 6.34. The van der Waals surface area contributed by atoms with Gasteiger partial charge in [-0.1, -0.05) is 49.6 Å². The Hall–Kier alpha value is -2.74. The van der Waals surface area contributed by atoms with Crippen LogP contribution in [0.15, 0.2) is 59.0 Å². The number of nitrogens with zero attached hydrogens (tertiary/aromatic N) is 1. The Labute approximate surface area is 158 Å². The van der Waals surface area contributed by atoms with Gasteiger partial charge in [0.15, 0.2) is 0 Å². The van der Waals surface area contributed by atoms with E-state index < -0.39 is 0 Å². The first-order valence-electron chi connectivity index (χ1n) is 10.1. The van der Waals surface area contributed by atoms with Gasteiger partial charge in [0, 0.05) is 39.6 Å². The van der Waals surface area contributed by atoms with Crippen LogP contribution in [0.3, 0.4) is 0 Å². The van der Waals surface area contributed by atoms with E-state index in [1.807, 2.05) is 0 Å². The van der Waals surface area contributed by atoms with Crippen molar-refractivity contribution in [2.75, 3.05) is 0 Å². The van der Waals surface area contributed by atoms with Crippen molar-refractivity contribution in [2.45, 2.75) is 38.0 Å². The van der Waals surface area contributed by atoms with E-state index >= 15 is 0 Å². The molecule has 2 heterocycles. The second-order valence-electron chi connectivity index (χ2n) is 8.13. The van der Waals surface area contributed by atoms with Crippen LogP contribution in [-0.4, -0.2) is 4.57 Å². The molecule has 0 spiro atoms. The average molecular weight is 353 g/mol. The fourth-order valence-electron chi connectivity index (χ4n) is 5.13. The van der Waals surface area contributed by atoms with E-state index in [-0.39, 0.29) is 0 Å². The van der Waals surface area contributed by atoms with Crippen LogP contribution in [0.2, 0.25) is 0 Å². The molecule has 0 bridgehead atoms. The fraction of sp³-hybridized carbons (Fsp3) is 0.280. The van der Waals surface area contributed by atoms with Crippen molar-refractivity contribution in [3.63, 3.8) is 0 Å². The van der Waals surface area contributed by atoms with Crippen molar-refractivity contribution in [1.82, 2.24) is 4.57 Å². The minimum Gasteiger partial charge on any atom is -0.456 e. The molecule has 0 amide bonds. The summed E-state index contributed by atoms with van der Waals surface area (Å²) in [4.78, 5) is 0. The SMILES string of the molecule is Cn1c2ccccc2c2cc3oc4cc(C5CCCCC5)ccc4c3cc21. The van der Waals surface area contributed by atoms with E-state index in [4.69, 9.17) is 4.42 Å². The largest absolute Gasteiger partial charge is 0.456 e. The fourth-order valence-corrected chi connectivity index (χ4v) is 5.13. The van der Waals surface area contributed by atoms with Crippen LogP contribution in [0.5, 0.6) is 0 Å². The van der Waals surface area contributed by atoms with Gasteiger partial charge in [-0.3, -0.25) is 0 Å². The molecular formula is C25H23NO. The zero-order chi connectivity index (χ0) is 18.0. The highest BCUT2D eigenvalue weighted by Crippen LogP contribution is 2.39. The van der Waals surface area contributed by atoms with Crippen LogP contribution >= 0.6 is 0 Å². The van der Waals surface area contributed by atoms with Crippen molar-refractivity contribution in [2.24, 2.45) is 7.05 Å². The summed E-state index contributed by atoms with van der Waals surface area (Å²) in [6, 6.07) is 20.0. The maximum Gasteiger partial charge on any atom is 0.136 e. The number of fused-ring (bicyclic) bond motifs is 6. The Morgan fingerprint density at radius 3 is 2.44 bits per heavy atom. The molecule has 27 heavy (non-hydrogen) atoms. The van der Waals surface area contributed by atoms with Gasteiger partial charge < -0.3 is 8.98 Å². The van der Waals surface area contributed by atoms with E-state index in [0.717, 1.165) is 11.2 Å². The minimum atomic E-state index is 0.708. The van der Waals surface area contributed by atoms with Crippen LogP contribution in [0.1, 0.15) is 43.6 Å². The lowest BCUT2D eigenvalue weighted by molar-refractivity contribution is 0.443. The van der Waals surface area contributed by atoms with E-state index in [1.165, 1.54) is 70.2 Å². The number of benzene rings is 3.